The van der Waals surface area contributed by atoms with Gasteiger partial charge in [0.05, 0.1) is 6.10 Å². The summed E-state index contributed by atoms with van der Waals surface area (Å²) >= 11 is 0. The molecule has 2 fully saturated rings. The van der Waals surface area contributed by atoms with Crippen LogP contribution in [0.5, 0.6) is 0 Å². The van der Waals surface area contributed by atoms with Gasteiger partial charge in [0.25, 0.3) is 0 Å². The van der Waals surface area contributed by atoms with Crippen LogP contribution in [0.15, 0.2) is 0 Å². The average Bonchev–Trinajstić information content (AvgIpc) is 2.83. The molecule has 1 saturated heterocycles. The van der Waals surface area contributed by atoms with E-state index in [1.54, 1.807) is 0 Å². The van der Waals surface area contributed by atoms with E-state index in [9.17, 15) is 4.79 Å². The van der Waals surface area contributed by atoms with Crippen LogP contribution >= 0.6 is 0 Å². The Bertz CT molecular complexity index is 241. The third-order valence-corrected chi connectivity index (χ3v) is 4.10. The lowest BCUT2D eigenvalue weighted by Gasteiger charge is -2.27. The number of rotatable bonds is 4. The van der Waals surface area contributed by atoms with E-state index in [-0.39, 0.29) is 5.91 Å². The number of amides is 1. The summed E-state index contributed by atoms with van der Waals surface area (Å²) in [6.07, 6.45) is 9.01. The van der Waals surface area contributed by atoms with E-state index in [0.717, 1.165) is 44.6 Å². The zero-order valence-electron chi connectivity index (χ0n) is 10.9. The maximum Gasteiger partial charge on any atom is 0.220 e. The number of nitrogens with one attached hydrogen (secondary N) is 1. The second-order valence-electron chi connectivity index (χ2n) is 5.70. The Morgan fingerprint density at radius 2 is 2.00 bits per heavy atom. The largest absolute Gasteiger partial charge is 0.378 e. The maximum absolute atomic E-state index is 11.8. The predicted octanol–water partition coefficient (Wildman–Crippen LogP) is 2.64. The molecule has 0 aromatic rings. The number of carbonyl (C=O) groups is 1. The second kappa shape index (κ2) is 6.39. The van der Waals surface area contributed by atoms with Gasteiger partial charge in [-0.3, -0.25) is 4.79 Å². The summed E-state index contributed by atoms with van der Waals surface area (Å²) in [6, 6.07) is 0.434. The van der Waals surface area contributed by atoms with Crippen LogP contribution in [0.4, 0.5) is 0 Å². The lowest BCUT2D eigenvalue weighted by molar-refractivity contribution is -0.122. The zero-order valence-corrected chi connectivity index (χ0v) is 10.9. The fourth-order valence-corrected chi connectivity index (χ4v) is 2.87. The van der Waals surface area contributed by atoms with E-state index >= 15 is 0 Å². The van der Waals surface area contributed by atoms with E-state index < -0.39 is 0 Å². The van der Waals surface area contributed by atoms with Crippen LogP contribution in [0.3, 0.4) is 0 Å². The molecule has 1 aliphatic carbocycles. The van der Waals surface area contributed by atoms with E-state index in [0.29, 0.717) is 18.6 Å². The van der Waals surface area contributed by atoms with Gasteiger partial charge in [-0.05, 0) is 50.9 Å². The summed E-state index contributed by atoms with van der Waals surface area (Å²) in [5, 5.41) is 3.17. The molecule has 0 aromatic carbocycles. The molecule has 0 aromatic heterocycles. The standard InChI is InChI=1S/C14H25NO2/c1-11-4-6-12(7-5-11)15-14(16)9-8-13-3-2-10-17-13/h11-13H,2-10H2,1H3,(H,15,16)/t11?,12?,13-/m0/s1. The van der Waals surface area contributed by atoms with Crippen molar-refractivity contribution in [2.75, 3.05) is 6.61 Å². The average molecular weight is 239 g/mol. The number of hydrogen-bond donors (Lipinski definition) is 1. The molecule has 0 spiro atoms. The molecular weight excluding hydrogens is 214 g/mol. The quantitative estimate of drug-likeness (QED) is 0.819. The first-order chi connectivity index (χ1) is 8.24. The van der Waals surface area contributed by atoms with Gasteiger partial charge in [0.1, 0.15) is 0 Å². The normalized spacial score (nSPS) is 33.6. The Kier molecular flexibility index (Phi) is 4.84. The molecule has 1 saturated carbocycles. The topological polar surface area (TPSA) is 38.3 Å². The summed E-state index contributed by atoms with van der Waals surface area (Å²) in [5.74, 6) is 1.06. The highest BCUT2D eigenvalue weighted by Gasteiger charge is 2.21. The third kappa shape index (κ3) is 4.30. The molecule has 1 aliphatic heterocycles. The second-order valence-corrected chi connectivity index (χ2v) is 5.70. The Morgan fingerprint density at radius 3 is 2.65 bits per heavy atom. The van der Waals surface area contributed by atoms with Crippen molar-refractivity contribution in [1.29, 1.82) is 0 Å². The molecule has 0 bridgehead atoms. The smallest absolute Gasteiger partial charge is 0.220 e. The summed E-state index contributed by atoms with van der Waals surface area (Å²) in [7, 11) is 0. The van der Waals surface area contributed by atoms with Crippen LogP contribution < -0.4 is 5.32 Å². The van der Waals surface area contributed by atoms with Crippen molar-refractivity contribution < 1.29 is 9.53 Å². The minimum atomic E-state index is 0.222. The fourth-order valence-electron chi connectivity index (χ4n) is 2.87. The van der Waals surface area contributed by atoms with Crippen molar-refractivity contribution in [3.63, 3.8) is 0 Å². The van der Waals surface area contributed by atoms with Crippen LogP contribution in [-0.4, -0.2) is 24.7 Å². The molecule has 1 heterocycles. The highest BCUT2D eigenvalue weighted by Crippen LogP contribution is 2.23. The van der Waals surface area contributed by atoms with Gasteiger partial charge in [0.2, 0.25) is 5.91 Å². The van der Waals surface area contributed by atoms with Gasteiger partial charge in [0.15, 0.2) is 0 Å². The van der Waals surface area contributed by atoms with Crippen LogP contribution in [0, 0.1) is 5.92 Å². The lowest BCUT2D eigenvalue weighted by atomic mass is 9.87. The van der Waals surface area contributed by atoms with Crippen molar-refractivity contribution in [2.24, 2.45) is 5.92 Å². The van der Waals surface area contributed by atoms with Gasteiger partial charge in [-0.25, -0.2) is 0 Å². The van der Waals surface area contributed by atoms with E-state index in [4.69, 9.17) is 4.74 Å². The minimum Gasteiger partial charge on any atom is -0.378 e. The minimum absolute atomic E-state index is 0.222. The van der Waals surface area contributed by atoms with Crippen molar-refractivity contribution >= 4 is 5.91 Å². The lowest BCUT2D eigenvalue weighted by Crippen LogP contribution is -2.37. The van der Waals surface area contributed by atoms with E-state index in [1.165, 1.54) is 12.8 Å². The Hall–Kier alpha value is -0.570. The molecule has 2 rings (SSSR count). The maximum atomic E-state index is 11.8. The molecule has 0 radical (unpaired) electrons. The first kappa shape index (κ1) is 12.9. The molecule has 17 heavy (non-hydrogen) atoms. The number of ether oxygens (including phenoxy) is 1. The van der Waals surface area contributed by atoms with E-state index in [2.05, 4.69) is 12.2 Å². The molecule has 2 aliphatic rings. The van der Waals surface area contributed by atoms with Crippen LogP contribution in [0.1, 0.15) is 58.3 Å². The third-order valence-electron chi connectivity index (χ3n) is 4.10. The van der Waals surface area contributed by atoms with Gasteiger partial charge in [-0.1, -0.05) is 6.92 Å². The van der Waals surface area contributed by atoms with Gasteiger partial charge in [-0.2, -0.15) is 0 Å². The monoisotopic (exact) mass is 239 g/mol. The van der Waals surface area contributed by atoms with Gasteiger partial charge < -0.3 is 10.1 Å². The molecule has 98 valence electrons. The molecule has 1 amide bonds. The van der Waals surface area contributed by atoms with Crippen molar-refractivity contribution in [2.45, 2.75) is 70.4 Å². The zero-order chi connectivity index (χ0) is 12.1. The Morgan fingerprint density at radius 1 is 1.24 bits per heavy atom. The highest BCUT2D eigenvalue weighted by atomic mass is 16.5. The predicted molar refractivity (Wildman–Crippen MR) is 67.8 cm³/mol. The van der Waals surface area contributed by atoms with Crippen LogP contribution in [0.25, 0.3) is 0 Å². The van der Waals surface area contributed by atoms with Crippen molar-refractivity contribution in [3.05, 3.63) is 0 Å². The fraction of sp³-hybridized carbons (Fsp3) is 0.929. The number of carbonyl (C=O) groups excluding carboxylic acids is 1. The summed E-state index contributed by atoms with van der Waals surface area (Å²) < 4.78 is 5.53. The molecule has 3 heteroatoms. The summed E-state index contributed by atoms with van der Waals surface area (Å²) in [5.41, 5.74) is 0. The molecular formula is C14H25NO2. The SMILES string of the molecule is CC1CCC(NC(=O)CC[C@@H]2CCCO2)CC1. The van der Waals surface area contributed by atoms with Crippen LogP contribution in [-0.2, 0) is 9.53 Å². The molecule has 1 atom stereocenters. The Labute approximate surface area is 104 Å². The first-order valence-electron chi connectivity index (χ1n) is 7.15. The van der Waals surface area contributed by atoms with Crippen molar-refractivity contribution in [3.8, 4) is 0 Å². The Balaban J connectivity index is 1.60. The number of hydrogen-bond acceptors (Lipinski definition) is 2. The summed E-state index contributed by atoms with van der Waals surface area (Å²) in [4.78, 5) is 11.8. The van der Waals surface area contributed by atoms with Crippen LogP contribution in [0.2, 0.25) is 0 Å². The molecule has 0 unspecified atom stereocenters. The van der Waals surface area contributed by atoms with Gasteiger partial charge >= 0.3 is 0 Å². The van der Waals surface area contributed by atoms with Gasteiger partial charge in [0, 0.05) is 19.1 Å². The molecule has 1 N–H and O–H groups in total. The van der Waals surface area contributed by atoms with Crippen molar-refractivity contribution in [1.82, 2.24) is 5.32 Å². The van der Waals surface area contributed by atoms with Gasteiger partial charge in [-0.15, -0.1) is 0 Å². The summed E-state index contributed by atoms with van der Waals surface area (Å²) in [6.45, 7) is 3.18. The first-order valence-corrected chi connectivity index (χ1v) is 7.15. The highest BCUT2D eigenvalue weighted by molar-refractivity contribution is 5.76. The van der Waals surface area contributed by atoms with E-state index in [1.807, 2.05) is 0 Å². The molecule has 3 nitrogen and oxygen atoms in total.